The number of aryl methyl sites for hydroxylation is 1. The van der Waals surface area contributed by atoms with Gasteiger partial charge < -0.3 is 14.7 Å². The molecule has 1 aromatic heterocycles. The van der Waals surface area contributed by atoms with Gasteiger partial charge in [0.05, 0.1) is 0 Å². The van der Waals surface area contributed by atoms with Crippen LogP contribution in [-0.4, -0.2) is 16.3 Å². The van der Waals surface area contributed by atoms with Gasteiger partial charge in [0.2, 0.25) is 5.91 Å². The third-order valence-corrected chi connectivity index (χ3v) is 2.09. The van der Waals surface area contributed by atoms with Crippen molar-refractivity contribution >= 4 is 11.7 Å². The second-order valence-corrected chi connectivity index (χ2v) is 3.66. The minimum atomic E-state index is -0.0750. The van der Waals surface area contributed by atoms with Crippen LogP contribution in [0.5, 0.6) is 0 Å². The highest BCUT2D eigenvalue weighted by Crippen LogP contribution is 1.99. The van der Waals surface area contributed by atoms with E-state index in [0.717, 1.165) is 5.56 Å². The molecule has 0 atom stereocenters. The monoisotopic (exact) mass is 208 g/mol. The van der Waals surface area contributed by atoms with E-state index < -0.39 is 0 Å². The highest BCUT2D eigenvalue weighted by Gasteiger charge is 2.03. The van der Waals surface area contributed by atoms with E-state index in [2.05, 4.69) is 5.32 Å². The van der Waals surface area contributed by atoms with Gasteiger partial charge in [0.1, 0.15) is 5.78 Å². The highest BCUT2D eigenvalue weighted by molar-refractivity contribution is 5.83. The van der Waals surface area contributed by atoms with Gasteiger partial charge >= 0.3 is 0 Å². The number of carbonyl (C=O) groups excluding carboxylic acids is 2. The Morgan fingerprint density at radius 1 is 1.40 bits per heavy atom. The average Bonchev–Trinajstić information content (AvgIpc) is 2.58. The molecular formula is C11H16N2O2. The van der Waals surface area contributed by atoms with Gasteiger partial charge in [-0.3, -0.25) is 4.79 Å². The molecule has 1 aromatic rings. The van der Waals surface area contributed by atoms with Crippen molar-refractivity contribution in [3.8, 4) is 0 Å². The Hall–Kier alpha value is -1.58. The van der Waals surface area contributed by atoms with Gasteiger partial charge in [0.25, 0.3) is 0 Å². The molecule has 0 aliphatic heterocycles. The number of Topliss-reactive ketones (excluding diaryl/α,β-unsaturated/α-hetero) is 1. The van der Waals surface area contributed by atoms with Crippen molar-refractivity contribution < 1.29 is 9.59 Å². The van der Waals surface area contributed by atoms with Gasteiger partial charge in [0, 0.05) is 38.8 Å². The van der Waals surface area contributed by atoms with E-state index in [1.165, 1.54) is 6.92 Å². The summed E-state index contributed by atoms with van der Waals surface area (Å²) >= 11 is 0. The minimum absolute atomic E-state index is 0.0462. The predicted molar refractivity (Wildman–Crippen MR) is 57.2 cm³/mol. The fourth-order valence-corrected chi connectivity index (χ4v) is 1.24. The van der Waals surface area contributed by atoms with Crippen LogP contribution < -0.4 is 5.32 Å². The molecule has 15 heavy (non-hydrogen) atoms. The largest absolute Gasteiger partial charge is 0.357 e. The van der Waals surface area contributed by atoms with Crippen molar-refractivity contribution in [3.05, 3.63) is 24.0 Å². The number of aromatic nitrogens is 1. The third kappa shape index (κ3) is 4.44. The lowest BCUT2D eigenvalue weighted by Crippen LogP contribution is -2.22. The van der Waals surface area contributed by atoms with Crippen molar-refractivity contribution in [2.24, 2.45) is 7.05 Å². The lowest BCUT2D eigenvalue weighted by molar-refractivity contribution is -0.124. The summed E-state index contributed by atoms with van der Waals surface area (Å²) in [5, 5.41) is 2.76. The molecule has 0 aliphatic carbocycles. The summed E-state index contributed by atoms with van der Waals surface area (Å²) in [6, 6.07) is 1.95. The van der Waals surface area contributed by atoms with Crippen molar-refractivity contribution in [1.82, 2.24) is 9.88 Å². The lowest BCUT2D eigenvalue weighted by atomic mass is 10.2. The van der Waals surface area contributed by atoms with Crippen LogP contribution in [-0.2, 0) is 23.2 Å². The molecule has 0 aliphatic rings. The Morgan fingerprint density at radius 2 is 2.13 bits per heavy atom. The first-order valence-electron chi connectivity index (χ1n) is 4.95. The van der Waals surface area contributed by atoms with E-state index in [4.69, 9.17) is 0 Å². The average molecular weight is 208 g/mol. The molecule has 0 bridgehead atoms. The molecule has 0 fully saturated rings. The van der Waals surface area contributed by atoms with Gasteiger partial charge in [-0.1, -0.05) is 0 Å². The summed E-state index contributed by atoms with van der Waals surface area (Å²) in [7, 11) is 1.93. The van der Waals surface area contributed by atoms with Gasteiger partial charge in [-0.05, 0) is 18.6 Å². The summed E-state index contributed by atoms with van der Waals surface area (Å²) < 4.78 is 1.93. The molecule has 0 aromatic carbocycles. The zero-order valence-electron chi connectivity index (χ0n) is 9.12. The number of carbonyl (C=O) groups is 2. The van der Waals surface area contributed by atoms with E-state index in [9.17, 15) is 9.59 Å². The summed E-state index contributed by atoms with van der Waals surface area (Å²) in [5.74, 6) is -0.0288. The molecular weight excluding hydrogens is 192 g/mol. The highest BCUT2D eigenvalue weighted by atomic mass is 16.2. The fraction of sp³-hybridized carbons (Fsp3) is 0.455. The second kappa shape index (κ2) is 5.34. The van der Waals surface area contributed by atoms with Crippen molar-refractivity contribution in [1.29, 1.82) is 0 Å². The third-order valence-electron chi connectivity index (χ3n) is 2.09. The number of hydrogen-bond acceptors (Lipinski definition) is 2. The zero-order chi connectivity index (χ0) is 11.3. The van der Waals surface area contributed by atoms with Crippen molar-refractivity contribution in [2.75, 3.05) is 0 Å². The van der Waals surface area contributed by atoms with Crippen LogP contribution in [0, 0.1) is 0 Å². The van der Waals surface area contributed by atoms with Crippen LogP contribution in [0.3, 0.4) is 0 Å². The van der Waals surface area contributed by atoms with Crippen LogP contribution in [0.2, 0.25) is 0 Å². The number of hydrogen-bond donors (Lipinski definition) is 1. The van der Waals surface area contributed by atoms with E-state index in [0.29, 0.717) is 13.0 Å². The minimum Gasteiger partial charge on any atom is -0.357 e. The fourth-order valence-electron chi connectivity index (χ4n) is 1.24. The maximum Gasteiger partial charge on any atom is 0.220 e. The molecule has 0 unspecified atom stereocenters. The lowest BCUT2D eigenvalue weighted by Gasteiger charge is -2.02. The topological polar surface area (TPSA) is 51.1 Å². The molecule has 4 nitrogen and oxygen atoms in total. The van der Waals surface area contributed by atoms with E-state index in [-0.39, 0.29) is 18.1 Å². The first-order valence-corrected chi connectivity index (χ1v) is 4.95. The zero-order valence-corrected chi connectivity index (χ0v) is 9.12. The maximum absolute atomic E-state index is 11.3. The normalized spacial score (nSPS) is 10.0. The Labute approximate surface area is 89.3 Å². The van der Waals surface area contributed by atoms with Crippen LogP contribution in [0.25, 0.3) is 0 Å². The van der Waals surface area contributed by atoms with Crippen LogP contribution in [0.15, 0.2) is 18.5 Å². The van der Waals surface area contributed by atoms with Gasteiger partial charge in [-0.25, -0.2) is 0 Å². The molecule has 0 saturated carbocycles. The van der Waals surface area contributed by atoms with Gasteiger partial charge in [-0.2, -0.15) is 0 Å². The van der Waals surface area contributed by atoms with E-state index >= 15 is 0 Å². The summed E-state index contributed by atoms with van der Waals surface area (Å²) in [6.07, 6.45) is 4.48. The first-order chi connectivity index (χ1) is 7.08. The van der Waals surface area contributed by atoms with Crippen LogP contribution in [0.4, 0.5) is 0 Å². The number of amides is 1. The molecule has 1 N–H and O–H groups in total. The second-order valence-electron chi connectivity index (χ2n) is 3.66. The SMILES string of the molecule is CC(=O)CCC(=O)NCc1ccn(C)c1. The number of ketones is 1. The van der Waals surface area contributed by atoms with E-state index in [1.807, 2.05) is 30.1 Å². The molecule has 0 spiro atoms. The smallest absolute Gasteiger partial charge is 0.220 e. The van der Waals surface area contributed by atoms with Gasteiger partial charge in [0.15, 0.2) is 0 Å². The quantitative estimate of drug-likeness (QED) is 0.785. The molecule has 4 heteroatoms. The maximum atomic E-state index is 11.3. The van der Waals surface area contributed by atoms with Gasteiger partial charge in [-0.15, -0.1) is 0 Å². The first kappa shape index (κ1) is 11.5. The number of rotatable bonds is 5. The molecule has 0 saturated heterocycles. The summed E-state index contributed by atoms with van der Waals surface area (Å²) in [6.45, 7) is 2.02. The van der Waals surface area contributed by atoms with E-state index in [1.54, 1.807) is 0 Å². The van der Waals surface area contributed by atoms with Crippen molar-refractivity contribution in [2.45, 2.75) is 26.3 Å². The standard InChI is InChI=1S/C11H16N2O2/c1-9(14)3-4-11(15)12-7-10-5-6-13(2)8-10/h5-6,8H,3-4,7H2,1-2H3,(H,12,15). The Bertz CT molecular complexity index is 355. The molecule has 1 amide bonds. The predicted octanol–water partition coefficient (Wildman–Crippen LogP) is 1.01. The van der Waals surface area contributed by atoms with Crippen LogP contribution >= 0.6 is 0 Å². The molecule has 1 heterocycles. The number of nitrogens with one attached hydrogen (secondary N) is 1. The Kier molecular flexibility index (Phi) is 4.09. The Balaban J connectivity index is 2.25. The number of nitrogens with zero attached hydrogens (tertiary/aromatic N) is 1. The Morgan fingerprint density at radius 3 is 2.67 bits per heavy atom. The van der Waals surface area contributed by atoms with Crippen molar-refractivity contribution in [3.63, 3.8) is 0 Å². The molecule has 0 radical (unpaired) electrons. The molecule has 82 valence electrons. The molecule has 1 rings (SSSR count). The van der Waals surface area contributed by atoms with Crippen LogP contribution in [0.1, 0.15) is 25.3 Å². The summed E-state index contributed by atoms with van der Waals surface area (Å²) in [5.41, 5.74) is 1.06. The summed E-state index contributed by atoms with van der Waals surface area (Å²) in [4.78, 5) is 21.9.